The highest BCUT2D eigenvalue weighted by Gasteiger charge is 2.28. The van der Waals surface area contributed by atoms with Crippen LogP contribution in [0.25, 0.3) is 0 Å². The molecule has 1 saturated heterocycles. The maximum atomic E-state index is 12.1. The van der Waals surface area contributed by atoms with Gasteiger partial charge in [0.2, 0.25) is 0 Å². The molecular weight excluding hydrogens is 356 g/mol. The Morgan fingerprint density at radius 1 is 1.31 bits per heavy atom. The summed E-state index contributed by atoms with van der Waals surface area (Å²) in [5.41, 5.74) is 0.822. The molecule has 1 aromatic rings. The van der Waals surface area contributed by atoms with Crippen LogP contribution >= 0.6 is 11.6 Å². The summed E-state index contributed by atoms with van der Waals surface area (Å²) in [7, 11) is 0. The number of rotatable bonds is 2. The molecule has 0 aromatic heterocycles. The number of Topliss-reactive ketones (excluding diaryl/α,β-unsaturated/α-hetero) is 1. The van der Waals surface area contributed by atoms with Crippen molar-refractivity contribution in [2.24, 2.45) is 0 Å². The van der Waals surface area contributed by atoms with Gasteiger partial charge >= 0.3 is 6.09 Å². The lowest BCUT2D eigenvalue weighted by molar-refractivity contribution is 0.0210. The van der Waals surface area contributed by atoms with E-state index in [4.69, 9.17) is 21.1 Å². The van der Waals surface area contributed by atoms with Crippen LogP contribution in [0.4, 0.5) is 10.5 Å². The number of carbonyl (C=O) groups excluding carboxylic acids is 2. The van der Waals surface area contributed by atoms with Crippen molar-refractivity contribution in [3.05, 3.63) is 22.7 Å². The molecule has 0 spiro atoms. The molecule has 1 amide bonds. The van der Waals surface area contributed by atoms with E-state index in [-0.39, 0.29) is 17.9 Å². The average molecular weight is 381 g/mol. The number of likely N-dealkylation sites (tertiary alicyclic amines) is 1. The van der Waals surface area contributed by atoms with Crippen molar-refractivity contribution in [1.29, 1.82) is 0 Å². The first-order chi connectivity index (χ1) is 12.2. The summed E-state index contributed by atoms with van der Waals surface area (Å²) in [6.07, 6.45) is 1.72. The lowest BCUT2D eigenvalue weighted by Gasteiger charge is -2.34. The van der Waals surface area contributed by atoms with Crippen molar-refractivity contribution in [3.8, 4) is 5.75 Å². The Kier molecular flexibility index (Phi) is 5.32. The van der Waals surface area contributed by atoms with Crippen LogP contribution in [-0.2, 0) is 4.74 Å². The van der Waals surface area contributed by atoms with Gasteiger partial charge in [0, 0.05) is 31.6 Å². The highest BCUT2D eigenvalue weighted by molar-refractivity contribution is 6.33. The average Bonchev–Trinajstić information content (AvgIpc) is 2.56. The van der Waals surface area contributed by atoms with Gasteiger partial charge in [-0.1, -0.05) is 11.6 Å². The smallest absolute Gasteiger partial charge is 0.410 e. The molecule has 0 saturated carbocycles. The van der Waals surface area contributed by atoms with E-state index in [9.17, 15) is 9.59 Å². The van der Waals surface area contributed by atoms with Crippen molar-refractivity contribution in [2.75, 3.05) is 25.0 Å². The Hall–Kier alpha value is -1.95. The standard InChI is InChI=1S/C19H25ClN2O4/c1-19(2,3)26-18(24)22-7-4-12(5-8-22)21-15-11-17-13(10-14(15)20)16(23)6-9-25-17/h10-12,21H,4-9H2,1-3H3. The molecule has 0 aliphatic carbocycles. The van der Waals surface area contributed by atoms with Crippen molar-refractivity contribution in [3.63, 3.8) is 0 Å². The fourth-order valence-corrected chi connectivity index (χ4v) is 3.36. The van der Waals surface area contributed by atoms with Crippen LogP contribution in [0, 0.1) is 0 Å². The van der Waals surface area contributed by atoms with Crippen LogP contribution in [-0.4, -0.2) is 48.1 Å². The second kappa shape index (κ2) is 7.35. The summed E-state index contributed by atoms with van der Waals surface area (Å²) >= 11 is 6.34. The molecule has 6 nitrogen and oxygen atoms in total. The fourth-order valence-electron chi connectivity index (χ4n) is 3.14. The maximum Gasteiger partial charge on any atom is 0.410 e. The van der Waals surface area contributed by atoms with E-state index in [0.29, 0.717) is 42.5 Å². The lowest BCUT2D eigenvalue weighted by atomic mass is 10.0. The Bertz CT molecular complexity index is 706. The predicted octanol–water partition coefficient (Wildman–Crippen LogP) is 4.12. The van der Waals surface area contributed by atoms with Crippen LogP contribution in [0.1, 0.15) is 50.4 Å². The lowest BCUT2D eigenvalue weighted by Crippen LogP contribution is -2.44. The van der Waals surface area contributed by atoms with Crippen LogP contribution in [0.2, 0.25) is 5.02 Å². The number of anilines is 1. The van der Waals surface area contributed by atoms with E-state index in [1.807, 2.05) is 20.8 Å². The topological polar surface area (TPSA) is 67.9 Å². The summed E-state index contributed by atoms with van der Waals surface area (Å²) in [6, 6.07) is 3.68. The molecule has 0 bridgehead atoms. The first-order valence-corrected chi connectivity index (χ1v) is 9.35. The van der Waals surface area contributed by atoms with Crippen LogP contribution in [0.15, 0.2) is 12.1 Å². The van der Waals surface area contributed by atoms with E-state index in [1.165, 1.54) is 0 Å². The number of piperidine rings is 1. The second-order valence-corrected chi connectivity index (χ2v) is 8.14. The van der Waals surface area contributed by atoms with Gasteiger partial charge < -0.3 is 19.7 Å². The van der Waals surface area contributed by atoms with Crippen LogP contribution < -0.4 is 10.1 Å². The van der Waals surface area contributed by atoms with Crippen molar-refractivity contribution in [2.45, 2.75) is 51.7 Å². The van der Waals surface area contributed by atoms with Crippen LogP contribution in [0.3, 0.4) is 0 Å². The minimum Gasteiger partial charge on any atom is -0.492 e. The molecule has 1 N–H and O–H groups in total. The minimum atomic E-state index is -0.486. The highest BCUT2D eigenvalue weighted by atomic mass is 35.5. The van der Waals surface area contributed by atoms with Crippen molar-refractivity contribution < 1.29 is 19.1 Å². The molecule has 3 rings (SSSR count). The largest absolute Gasteiger partial charge is 0.492 e. The molecule has 1 fully saturated rings. The number of hydrogen-bond acceptors (Lipinski definition) is 5. The molecule has 142 valence electrons. The summed E-state index contributed by atoms with van der Waals surface area (Å²) in [5, 5.41) is 3.93. The molecule has 0 radical (unpaired) electrons. The van der Waals surface area contributed by atoms with Crippen LogP contribution in [0.5, 0.6) is 5.75 Å². The highest BCUT2D eigenvalue weighted by Crippen LogP contribution is 2.35. The monoisotopic (exact) mass is 380 g/mol. The summed E-state index contributed by atoms with van der Waals surface area (Å²) in [6.45, 7) is 7.26. The molecule has 0 unspecified atom stereocenters. The first kappa shape index (κ1) is 18.8. The zero-order valence-corrected chi connectivity index (χ0v) is 16.2. The number of nitrogens with one attached hydrogen (secondary N) is 1. The Balaban J connectivity index is 1.60. The van der Waals surface area contributed by atoms with Gasteiger partial charge in [0.25, 0.3) is 0 Å². The van der Waals surface area contributed by atoms with Gasteiger partial charge in [0.05, 0.1) is 22.9 Å². The number of hydrogen-bond donors (Lipinski definition) is 1. The summed E-state index contributed by atoms with van der Waals surface area (Å²) in [4.78, 5) is 25.8. The molecule has 7 heteroatoms. The number of nitrogens with zero attached hydrogens (tertiary/aromatic N) is 1. The van der Waals surface area contributed by atoms with E-state index in [0.717, 1.165) is 18.5 Å². The van der Waals surface area contributed by atoms with E-state index in [1.54, 1.807) is 17.0 Å². The van der Waals surface area contributed by atoms with Crippen molar-refractivity contribution >= 4 is 29.2 Å². The third-order valence-electron chi connectivity index (χ3n) is 4.46. The molecule has 2 aliphatic heterocycles. The quantitative estimate of drug-likeness (QED) is 0.835. The van der Waals surface area contributed by atoms with Gasteiger partial charge in [-0.15, -0.1) is 0 Å². The van der Waals surface area contributed by atoms with E-state index in [2.05, 4.69) is 5.32 Å². The third kappa shape index (κ3) is 4.41. The Morgan fingerprint density at radius 3 is 2.65 bits per heavy atom. The zero-order chi connectivity index (χ0) is 18.9. The van der Waals surface area contributed by atoms with Gasteiger partial charge in [-0.3, -0.25) is 4.79 Å². The molecule has 0 atom stereocenters. The molecule has 2 aliphatic rings. The molecule has 26 heavy (non-hydrogen) atoms. The predicted molar refractivity (Wildman–Crippen MR) is 100 cm³/mol. The number of halogens is 1. The van der Waals surface area contributed by atoms with Gasteiger partial charge in [0.15, 0.2) is 5.78 Å². The van der Waals surface area contributed by atoms with Gasteiger partial charge in [-0.25, -0.2) is 4.79 Å². The number of fused-ring (bicyclic) bond motifs is 1. The third-order valence-corrected chi connectivity index (χ3v) is 4.78. The Morgan fingerprint density at radius 2 is 2.00 bits per heavy atom. The van der Waals surface area contributed by atoms with Gasteiger partial charge in [0.1, 0.15) is 11.4 Å². The van der Waals surface area contributed by atoms with E-state index >= 15 is 0 Å². The number of ketones is 1. The summed E-state index contributed by atoms with van der Waals surface area (Å²) in [5.74, 6) is 0.643. The number of benzene rings is 1. The maximum absolute atomic E-state index is 12.1. The van der Waals surface area contributed by atoms with Crippen molar-refractivity contribution in [1.82, 2.24) is 4.90 Å². The number of ether oxygens (including phenoxy) is 2. The second-order valence-electron chi connectivity index (χ2n) is 7.74. The normalized spacial score (nSPS) is 18.2. The van der Waals surface area contributed by atoms with E-state index < -0.39 is 5.60 Å². The molecule has 1 aromatic carbocycles. The molecular formula is C19H25ClN2O4. The Labute approximate surface area is 158 Å². The fraction of sp³-hybridized carbons (Fsp3) is 0.579. The number of carbonyl (C=O) groups is 2. The SMILES string of the molecule is CC(C)(C)OC(=O)N1CCC(Nc2cc3c(cc2Cl)C(=O)CCO3)CC1. The van der Waals surface area contributed by atoms with Gasteiger partial charge in [-0.2, -0.15) is 0 Å². The first-order valence-electron chi connectivity index (χ1n) is 8.97. The zero-order valence-electron chi connectivity index (χ0n) is 15.4. The molecule has 2 heterocycles. The van der Waals surface area contributed by atoms with Gasteiger partial charge in [-0.05, 0) is 39.7 Å². The summed E-state index contributed by atoms with van der Waals surface area (Å²) < 4.78 is 11.0. The minimum absolute atomic E-state index is 0.0605. The number of amides is 1.